The third-order valence-electron chi connectivity index (χ3n) is 5.24. The van der Waals surface area contributed by atoms with Gasteiger partial charge in [0.25, 0.3) is 11.5 Å². The Morgan fingerprint density at radius 3 is 2.66 bits per heavy atom. The number of carbonyl (C=O) groups excluding carboxylic acids is 1. The molecule has 3 aromatic rings. The molecule has 0 bridgehead atoms. The first-order valence-corrected chi connectivity index (χ1v) is 12.4. The zero-order chi connectivity index (χ0) is 23.6. The third kappa shape index (κ3) is 5.79. The molecule has 0 aliphatic rings. The summed E-state index contributed by atoms with van der Waals surface area (Å²) >= 11 is 2.94. The maximum atomic E-state index is 12.9. The maximum Gasteiger partial charge on any atom is 0.261 e. The number of aromatic nitrogens is 2. The van der Waals surface area contributed by atoms with Crippen LogP contribution in [0, 0.1) is 26.2 Å². The van der Waals surface area contributed by atoms with Gasteiger partial charge in [-0.2, -0.15) is 0 Å². The van der Waals surface area contributed by atoms with E-state index in [1.165, 1.54) is 27.4 Å². The number of thiophene rings is 1. The molecule has 2 heterocycles. The molecule has 0 spiro atoms. The van der Waals surface area contributed by atoms with Gasteiger partial charge in [0.2, 0.25) is 0 Å². The van der Waals surface area contributed by atoms with Crippen molar-refractivity contribution in [1.82, 2.24) is 20.2 Å². The van der Waals surface area contributed by atoms with Crippen LogP contribution < -0.4 is 10.9 Å². The predicted octanol–water partition coefficient (Wildman–Crippen LogP) is 4.52. The molecule has 0 saturated carbocycles. The van der Waals surface area contributed by atoms with E-state index in [0.717, 1.165) is 6.54 Å². The zero-order valence-corrected chi connectivity index (χ0v) is 21.5. The Balaban J connectivity index is 1.80. The standard InChI is InChI=1S/C24H32N4O2S2/c1-14-8-9-15(2)17(10-14)31-11-18-26-21(29)19-16(3)20(32-23(19)27-18)22(30)25-12-24(4,5)13-28(6)7/h8-10H,11-13H2,1-7H3,(H,25,30)(H,26,27,29). The van der Waals surface area contributed by atoms with E-state index < -0.39 is 0 Å². The molecule has 6 nitrogen and oxygen atoms in total. The highest BCUT2D eigenvalue weighted by Crippen LogP contribution is 2.29. The number of H-pyrrole nitrogens is 1. The molecule has 2 N–H and O–H groups in total. The number of carbonyl (C=O) groups is 1. The van der Waals surface area contributed by atoms with Gasteiger partial charge in [-0.3, -0.25) is 9.59 Å². The molecular formula is C24H32N4O2S2. The second kappa shape index (κ2) is 9.77. The Kier molecular flexibility index (Phi) is 7.47. The van der Waals surface area contributed by atoms with Crippen LogP contribution in [0.5, 0.6) is 0 Å². The molecule has 172 valence electrons. The summed E-state index contributed by atoms with van der Waals surface area (Å²) < 4.78 is 0. The number of nitrogens with one attached hydrogen (secondary N) is 2. The molecule has 0 atom stereocenters. The number of benzene rings is 1. The van der Waals surface area contributed by atoms with Gasteiger partial charge < -0.3 is 15.2 Å². The summed E-state index contributed by atoms with van der Waals surface area (Å²) in [5.41, 5.74) is 2.85. The van der Waals surface area contributed by atoms with Crippen LogP contribution >= 0.6 is 23.1 Å². The van der Waals surface area contributed by atoms with Crippen molar-refractivity contribution in [2.24, 2.45) is 5.41 Å². The quantitative estimate of drug-likeness (QED) is 0.471. The van der Waals surface area contributed by atoms with Crippen LogP contribution in [0.15, 0.2) is 27.9 Å². The van der Waals surface area contributed by atoms with Crippen molar-refractivity contribution in [3.63, 3.8) is 0 Å². The van der Waals surface area contributed by atoms with Crippen molar-refractivity contribution in [2.75, 3.05) is 27.2 Å². The smallest absolute Gasteiger partial charge is 0.261 e. The first kappa shape index (κ1) is 24.5. The molecule has 2 aromatic heterocycles. The lowest BCUT2D eigenvalue weighted by atomic mass is 9.93. The lowest BCUT2D eigenvalue weighted by molar-refractivity contribution is 0.0933. The van der Waals surface area contributed by atoms with Crippen LogP contribution in [0.1, 0.15) is 46.0 Å². The van der Waals surface area contributed by atoms with Crippen LogP contribution in [0.3, 0.4) is 0 Å². The van der Waals surface area contributed by atoms with E-state index in [-0.39, 0.29) is 16.9 Å². The molecule has 0 aliphatic carbocycles. The van der Waals surface area contributed by atoms with Crippen molar-refractivity contribution < 1.29 is 4.79 Å². The van der Waals surface area contributed by atoms with Gasteiger partial charge in [0.15, 0.2) is 0 Å². The Labute approximate surface area is 197 Å². The summed E-state index contributed by atoms with van der Waals surface area (Å²) in [7, 11) is 4.04. The van der Waals surface area contributed by atoms with Crippen LogP contribution in [-0.2, 0) is 5.75 Å². The summed E-state index contributed by atoms with van der Waals surface area (Å²) in [5, 5.41) is 3.55. The highest BCUT2D eigenvalue weighted by atomic mass is 32.2. The predicted molar refractivity (Wildman–Crippen MR) is 135 cm³/mol. The van der Waals surface area contributed by atoms with Gasteiger partial charge in [0.05, 0.1) is 16.0 Å². The molecule has 0 unspecified atom stereocenters. The van der Waals surface area contributed by atoms with Crippen molar-refractivity contribution in [2.45, 2.75) is 45.3 Å². The number of aryl methyl sites for hydroxylation is 3. The minimum absolute atomic E-state index is 0.0578. The second-order valence-electron chi connectivity index (χ2n) is 9.39. The monoisotopic (exact) mass is 472 g/mol. The summed E-state index contributed by atoms with van der Waals surface area (Å²) in [6, 6.07) is 6.34. The molecule has 0 radical (unpaired) electrons. The lowest BCUT2D eigenvalue weighted by Crippen LogP contribution is -2.39. The van der Waals surface area contributed by atoms with Crippen molar-refractivity contribution in [1.29, 1.82) is 0 Å². The number of thioether (sulfide) groups is 1. The van der Waals surface area contributed by atoms with E-state index >= 15 is 0 Å². The van der Waals surface area contributed by atoms with Crippen molar-refractivity contribution >= 4 is 39.2 Å². The fraction of sp³-hybridized carbons (Fsp3) is 0.458. The number of hydrogen-bond acceptors (Lipinski definition) is 6. The molecule has 1 aromatic carbocycles. The van der Waals surface area contributed by atoms with E-state index in [1.807, 2.05) is 21.0 Å². The Hall–Kier alpha value is -2.16. The summed E-state index contributed by atoms with van der Waals surface area (Å²) in [6.45, 7) is 11.6. The van der Waals surface area contributed by atoms with E-state index in [2.05, 4.69) is 66.1 Å². The summed E-state index contributed by atoms with van der Waals surface area (Å²) in [4.78, 5) is 37.7. The SMILES string of the molecule is Cc1ccc(C)c(SCc2nc3sc(C(=O)NCC(C)(C)CN(C)C)c(C)c3c(=O)[nH]2)c1. The Bertz CT molecular complexity index is 1190. The van der Waals surface area contributed by atoms with E-state index in [0.29, 0.717) is 38.8 Å². The molecule has 3 rings (SSSR count). The molecule has 1 amide bonds. The van der Waals surface area contributed by atoms with Crippen molar-refractivity contribution in [3.8, 4) is 0 Å². The van der Waals surface area contributed by atoms with E-state index in [1.54, 1.807) is 11.8 Å². The molecular weight excluding hydrogens is 440 g/mol. The molecule has 32 heavy (non-hydrogen) atoms. The topological polar surface area (TPSA) is 78.1 Å². The number of amides is 1. The van der Waals surface area contributed by atoms with Crippen LogP contribution in [-0.4, -0.2) is 48.0 Å². The maximum absolute atomic E-state index is 12.9. The lowest BCUT2D eigenvalue weighted by Gasteiger charge is -2.28. The average Bonchev–Trinajstić information content (AvgIpc) is 3.03. The van der Waals surface area contributed by atoms with Gasteiger partial charge in [-0.1, -0.05) is 31.5 Å². The highest BCUT2D eigenvalue weighted by Gasteiger charge is 2.23. The minimum atomic E-state index is -0.188. The van der Waals surface area contributed by atoms with Gasteiger partial charge >= 0.3 is 0 Å². The number of nitrogens with zero attached hydrogens (tertiary/aromatic N) is 2. The van der Waals surface area contributed by atoms with Gasteiger partial charge in [-0.05, 0) is 57.5 Å². The molecule has 8 heteroatoms. The van der Waals surface area contributed by atoms with Crippen molar-refractivity contribution in [3.05, 3.63) is 55.9 Å². The number of hydrogen-bond donors (Lipinski definition) is 2. The molecule has 0 aliphatic heterocycles. The second-order valence-corrected chi connectivity index (χ2v) is 11.4. The fourth-order valence-electron chi connectivity index (χ4n) is 3.79. The molecule has 0 fully saturated rings. The van der Waals surface area contributed by atoms with Crippen LogP contribution in [0.4, 0.5) is 0 Å². The minimum Gasteiger partial charge on any atom is -0.351 e. The van der Waals surface area contributed by atoms with Crippen LogP contribution in [0.25, 0.3) is 10.2 Å². The Morgan fingerprint density at radius 1 is 1.25 bits per heavy atom. The largest absolute Gasteiger partial charge is 0.351 e. The summed E-state index contributed by atoms with van der Waals surface area (Å²) in [6.07, 6.45) is 0. The zero-order valence-electron chi connectivity index (χ0n) is 19.9. The number of fused-ring (bicyclic) bond motifs is 1. The van der Waals surface area contributed by atoms with Gasteiger partial charge in [-0.25, -0.2) is 4.98 Å². The highest BCUT2D eigenvalue weighted by molar-refractivity contribution is 7.98. The summed E-state index contributed by atoms with van der Waals surface area (Å²) in [5.74, 6) is 1.03. The average molecular weight is 473 g/mol. The van der Waals surface area contributed by atoms with Gasteiger partial charge in [0, 0.05) is 18.0 Å². The normalized spacial score (nSPS) is 12.0. The first-order valence-electron chi connectivity index (χ1n) is 10.6. The Morgan fingerprint density at radius 2 is 1.97 bits per heavy atom. The molecule has 0 saturated heterocycles. The van der Waals surface area contributed by atoms with Gasteiger partial charge in [-0.15, -0.1) is 23.1 Å². The fourth-order valence-corrected chi connectivity index (χ4v) is 5.91. The van der Waals surface area contributed by atoms with Gasteiger partial charge in [0.1, 0.15) is 10.7 Å². The number of rotatable bonds is 8. The van der Waals surface area contributed by atoms with E-state index in [4.69, 9.17) is 0 Å². The first-order chi connectivity index (χ1) is 15.0. The van der Waals surface area contributed by atoms with E-state index in [9.17, 15) is 9.59 Å². The van der Waals surface area contributed by atoms with Crippen LogP contribution in [0.2, 0.25) is 0 Å². The third-order valence-corrected chi connectivity index (χ3v) is 7.59. The number of aromatic amines is 1.